The first-order chi connectivity index (χ1) is 9.05. The summed E-state index contributed by atoms with van der Waals surface area (Å²) >= 11 is 1.83. The minimum atomic E-state index is 0.297. The highest BCUT2D eigenvalue weighted by Crippen LogP contribution is 2.42. The number of hydrogen-bond donors (Lipinski definition) is 1. The third kappa shape index (κ3) is 3.41. The van der Waals surface area contributed by atoms with Gasteiger partial charge in [0.25, 0.3) is 0 Å². The lowest BCUT2D eigenvalue weighted by Gasteiger charge is -2.44. The second kappa shape index (κ2) is 6.41. The Morgan fingerprint density at radius 1 is 1.37 bits per heavy atom. The van der Waals surface area contributed by atoms with Gasteiger partial charge in [-0.05, 0) is 65.4 Å². The molecule has 1 aromatic rings. The Morgan fingerprint density at radius 2 is 2.16 bits per heavy atom. The van der Waals surface area contributed by atoms with E-state index in [4.69, 9.17) is 0 Å². The van der Waals surface area contributed by atoms with Crippen molar-refractivity contribution in [3.05, 3.63) is 22.4 Å². The predicted octanol–water partition coefficient (Wildman–Crippen LogP) is 4.83. The van der Waals surface area contributed by atoms with Crippen LogP contribution in [-0.2, 0) is 5.41 Å². The zero-order valence-corrected chi connectivity index (χ0v) is 13.7. The minimum Gasteiger partial charge on any atom is -0.314 e. The van der Waals surface area contributed by atoms with E-state index in [0.717, 1.165) is 18.4 Å². The lowest BCUT2D eigenvalue weighted by molar-refractivity contribution is 0.146. The molecule has 3 atom stereocenters. The van der Waals surface area contributed by atoms with Gasteiger partial charge in [0.05, 0.1) is 0 Å². The van der Waals surface area contributed by atoms with E-state index in [2.05, 4.69) is 49.8 Å². The smallest absolute Gasteiger partial charge is 0.0106 e. The Balaban J connectivity index is 2.15. The third-order valence-corrected chi connectivity index (χ3v) is 5.64. The highest BCUT2D eigenvalue weighted by molar-refractivity contribution is 7.08. The lowest BCUT2D eigenvalue weighted by Crippen LogP contribution is -2.48. The Kier molecular flexibility index (Phi) is 5.08. The second-order valence-electron chi connectivity index (χ2n) is 6.82. The summed E-state index contributed by atoms with van der Waals surface area (Å²) in [6.45, 7) is 10.7. The quantitative estimate of drug-likeness (QED) is 0.814. The maximum atomic E-state index is 3.82. The molecule has 1 heterocycles. The van der Waals surface area contributed by atoms with Crippen LogP contribution in [0, 0.1) is 11.8 Å². The summed E-state index contributed by atoms with van der Waals surface area (Å²) in [6.07, 6.45) is 5.34. The molecule has 2 heteroatoms. The molecule has 0 radical (unpaired) electrons. The molecular formula is C17H29NS. The molecule has 19 heavy (non-hydrogen) atoms. The van der Waals surface area contributed by atoms with Gasteiger partial charge in [-0.3, -0.25) is 0 Å². The van der Waals surface area contributed by atoms with Crippen LogP contribution in [0.25, 0.3) is 0 Å². The van der Waals surface area contributed by atoms with E-state index in [1.165, 1.54) is 31.2 Å². The van der Waals surface area contributed by atoms with Crippen LogP contribution in [0.4, 0.5) is 0 Å². The Bertz CT molecular complexity index is 369. The molecule has 1 fully saturated rings. The van der Waals surface area contributed by atoms with Gasteiger partial charge >= 0.3 is 0 Å². The molecule has 1 N–H and O–H groups in total. The molecule has 0 amide bonds. The van der Waals surface area contributed by atoms with Crippen LogP contribution >= 0.6 is 11.3 Å². The fourth-order valence-electron chi connectivity index (χ4n) is 3.65. The van der Waals surface area contributed by atoms with Crippen LogP contribution in [-0.4, -0.2) is 12.6 Å². The van der Waals surface area contributed by atoms with Crippen molar-refractivity contribution in [2.45, 2.75) is 64.8 Å². The van der Waals surface area contributed by atoms with Gasteiger partial charge in [0.1, 0.15) is 0 Å². The van der Waals surface area contributed by atoms with Crippen LogP contribution in [0.2, 0.25) is 0 Å². The molecule has 0 aliphatic heterocycles. The predicted molar refractivity (Wildman–Crippen MR) is 85.9 cm³/mol. The van der Waals surface area contributed by atoms with Crippen molar-refractivity contribution in [1.29, 1.82) is 0 Å². The zero-order valence-electron chi connectivity index (χ0n) is 12.9. The number of hydrogen-bond acceptors (Lipinski definition) is 2. The molecule has 1 aliphatic rings. The van der Waals surface area contributed by atoms with Crippen molar-refractivity contribution in [2.24, 2.45) is 11.8 Å². The highest BCUT2D eigenvalue weighted by Gasteiger charge is 2.39. The summed E-state index contributed by atoms with van der Waals surface area (Å²) in [5, 5.41) is 8.38. The van der Waals surface area contributed by atoms with Crippen molar-refractivity contribution in [3.63, 3.8) is 0 Å². The first-order valence-electron chi connectivity index (χ1n) is 7.81. The molecular weight excluding hydrogens is 250 g/mol. The maximum Gasteiger partial charge on any atom is 0.0106 e. The first-order valence-corrected chi connectivity index (χ1v) is 8.76. The normalized spacial score (nSPS) is 28.5. The van der Waals surface area contributed by atoms with Crippen molar-refractivity contribution >= 4 is 11.3 Å². The highest BCUT2D eigenvalue weighted by atomic mass is 32.1. The van der Waals surface area contributed by atoms with Gasteiger partial charge in [0.15, 0.2) is 0 Å². The van der Waals surface area contributed by atoms with Crippen LogP contribution in [0.3, 0.4) is 0 Å². The molecule has 0 spiro atoms. The minimum absolute atomic E-state index is 0.297. The fraction of sp³-hybridized carbons (Fsp3) is 0.765. The molecule has 1 aliphatic carbocycles. The van der Waals surface area contributed by atoms with Crippen LogP contribution in [0.15, 0.2) is 16.8 Å². The van der Waals surface area contributed by atoms with E-state index in [0.29, 0.717) is 11.5 Å². The van der Waals surface area contributed by atoms with Gasteiger partial charge in [0, 0.05) is 6.04 Å². The Hall–Kier alpha value is -0.340. The molecule has 0 saturated heterocycles. The van der Waals surface area contributed by atoms with E-state index in [-0.39, 0.29) is 0 Å². The molecule has 108 valence electrons. The van der Waals surface area contributed by atoms with E-state index in [1.807, 2.05) is 11.3 Å². The average molecular weight is 279 g/mol. The summed E-state index contributed by atoms with van der Waals surface area (Å²) in [4.78, 5) is 0. The van der Waals surface area contributed by atoms with Crippen LogP contribution in [0.1, 0.15) is 58.9 Å². The lowest BCUT2D eigenvalue weighted by atomic mass is 9.64. The number of rotatable bonds is 5. The molecule has 1 saturated carbocycles. The molecule has 3 unspecified atom stereocenters. The van der Waals surface area contributed by atoms with E-state index in [1.54, 1.807) is 0 Å². The van der Waals surface area contributed by atoms with Gasteiger partial charge < -0.3 is 5.32 Å². The Labute approximate surface area is 122 Å². The summed E-state index contributed by atoms with van der Waals surface area (Å²) in [5.41, 5.74) is 1.83. The van der Waals surface area contributed by atoms with Crippen LogP contribution in [0.5, 0.6) is 0 Å². The van der Waals surface area contributed by atoms with Crippen molar-refractivity contribution in [2.75, 3.05) is 6.54 Å². The second-order valence-corrected chi connectivity index (χ2v) is 7.60. The van der Waals surface area contributed by atoms with Crippen molar-refractivity contribution in [1.82, 2.24) is 5.32 Å². The van der Waals surface area contributed by atoms with Crippen LogP contribution < -0.4 is 5.32 Å². The summed E-state index contributed by atoms with van der Waals surface area (Å²) in [6, 6.07) is 3.01. The summed E-state index contributed by atoms with van der Waals surface area (Å²) < 4.78 is 0. The average Bonchev–Trinajstić information content (AvgIpc) is 2.90. The monoisotopic (exact) mass is 279 g/mol. The Morgan fingerprint density at radius 3 is 2.79 bits per heavy atom. The SMILES string of the molecule is CCCNC1CC(C)CCC1C(C)(C)c1ccsc1. The molecule has 1 nitrogen and oxygen atoms in total. The third-order valence-electron chi connectivity index (χ3n) is 4.96. The largest absolute Gasteiger partial charge is 0.314 e. The maximum absolute atomic E-state index is 3.82. The molecule has 1 aromatic heterocycles. The standard InChI is InChI=1S/C17H29NS/c1-5-9-18-16-11-13(2)6-7-15(16)17(3,4)14-8-10-19-12-14/h8,10,12-13,15-16,18H,5-7,9,11H2,1-4H3. The number of nitrogens with one attached hydrogen (secondary N) is 1. The van der Waals surface area contributed by atoms with Gasteiger partial charge in [-0.25, -0.2) is 0 Å². The van der Waals surface area contributed by atoms with E-state index in [9.17, 15) is 0 Å². The molecule has 0 aromatic carbocycles. The number of thiophene rings is 1. The van der Waals surface area contributed by atoms with Crippen molar-refractivity contribution < 1.29 is 0 Å². The van der Waals surface area contributed by atoms with Gasteiger partial charge in [0.2, 0.25) is 0 Å². The molecule has 2 rings (SSSR count). The zero-order chi connectivity index (χ0) is 13.9. The summed E-state index contributed by atoms with van der Waals surface area (Å²) in [5.74, 6) is 1.65. The van der Waals surface area contributed by atoms with Gasteiger partial charge in [-0.1, -0.05) is 34.1 Å². The fourth-order valence-corrected chi connectivity index (χ4v) is 4.48. The van der Waals surface area contributed by atoms with Gasteiger partial charge in [-0.2, -0.15) is 11.3 Å². The first kappa shape index (κ1) is 15.1. The molecule has 0 bridgehead atoms. The van der Waals surface area contributed by atoms with E-state index < -0.39 is 0 Å². The van der Waals surface area contributed by atoms with E-state index >= 15 is 0 Å². The topological polar surface area (TPSA) is 12.0 Å². The summed E-state index contributed by atoms with van der Waals surface area (Å²) in [7, 11) is 0. The van der Waals surface area contributed by atoms with Gasteiger partial charge in [-0.15, -0.1) is 0 Å². The van der Waals surface area contributed by atoms with Crippen molar-refractivity contribution in [3.8, 4) is 0 Å².